The largest absolute Gasteiger partial charge is 0 e. The van der Waals surface area contributed by atoms with E-state index >= 15 is 0 Å². The maximum atomic E-state index is 8.34. The first-order chi connectivity index (χ1) is 1.00. The van der Waals surface area contributed by atoms with Crippen LogP contribution in [-0.4, -0.2) is 17.4 Å². The fraction of sp³-hybridized carbons (Fsp3) is 0. The first-order valence-electron chi connectivity index (χ1n) is 0.204. The summed E-state index contributed by atoms with van der Waals surface area (Å²) in [7, 11) is 0. The average Bonchev–Trinajstić information content (AvgIpc) is 1.00. The van der Waals surface area contributed by atoms with Crippen LogP contribution in [0.5, 0.6) is 0 Å². The van der Waals surface area contributed by atoms with E-state index in [2.05, 4.69) is 0 Å². The summed E-state index contributed by atoms with van der Waals surface area (Å²) in [4.78, 5) is 0. The Labute approximate surface area is 76.2 Å². The molecule has 0 aliphatic heterocycles. The quantitative estimate of drug-likeness (QED) is 0.469. The van der Waals surface area contributed by atoms with Crippen LogP contribution in [0, 0.1) is 0 Å². The number of rotatable bonds is 0. The van der Waals surface area contributed by atoms with Gasteiger partial charge in [0.2, 0.25) is 0 Å². The van der Waals surface area contributed by atoms with Gasteiger partial charge in [-0.15, -0.1) is 0 Å². The normalized spacial score (nSPS) is 0.750. The molecule has 4 heavy (non-hydrogen) atoms. The van der Waals surface area contributed by atoms with Gasteiger partial charge in [0.1, 0.15) is 0 Å². The zero-order valence-corrected chi connectivity index (χ0v) is 6.78. The van der Waals surface area contributed by atoms with Gasteiger partial charge in [0.05, 0.1) is 0 Å². The SMILES string of the molecule is [AlH3].[O]=[Zr].[Y]. The third kappa shape index (κ3) is 8.85. The summed E-state index contributed by atoms with van der Waals surface area (Å²) >= 11 is 0.300. The predicted molar refractivity (Wildman–Crippen MR) is 10.6 cm³/mol. The van der Waals surface area contributed by atoms with E-state index in [9.17, 15) is 0 Å². The van der Waals surface area contributed by atoms with Crippen LogP contribution in [0.15, 0.2) is 0 Å². The van der Waals surface area contributed by atoms with Gasteiger partial charge in [0.15, 0.2) is 17.4 Å². The topological polar surface area (TPSA) is 17.1 Å². The summed E-state index contributed by atoms with van der Waals surface area (Å²) < 4.78 is 8.34. The van der Waals surface area contributed by atoms with E-state index in [1.54, 1.807) is 0 Å². The molecule has 0 fully saturated rings. The van der Waals surface area contributed by atoms with Crippen LogP contribution in [0.4, 0.5) is 0 Å². The molecule has 0 N–H and O–H groups in total. The van der Waals surface area contributed by atoms with Crippen molar-refractivity contribution in [2.45, 2.75) is 0 Å². The zero-order chi connectivity index (χ0) is 2.00. The molecule has 0 spiro atoms. The number of hydrogen-bond acceptors (Lipinski definition) is 1. The standard InChI is InChI=1S/Al.O.Y.Zr.3H. The molecule has 1 nitrogen and oxygen atoms in total. The van der Waals surface area contributed by atoms with Gasteiger partial charge in [-0.1, -0.05) is 0 Å². The molecule has 0 saturated heterocycles. The van der Waals surface area contributed by atoms with Gasteiger partial charge in [-0.25, -0.2) is 0 Å². The van der Waals surface area contributed by atoms with Crippen LogP contribution in [0.3, 0.4) is 0 Å². The molecule has 0 aromatic heterocycles. The van der Waals surface area contributed by atoms with E-state index in [0.717, 1.165) is 0 Å². The maximum Gasteiger partial charge on any atom is 0 e. The Bertz CT molecular complexity index is 8.00. The van der Waals surface area contributed by atoms with Gasteiger partial charge in [-0.2, -0.15) is 0 Å². The fourth-order valence-electron chi connectivity index (χ4n) is 0. The molecule has 0 aliphatic rings. The molecule has 0 atom stereocenters. The fourth-order valence-corrected chi connectivity index (χ4v) is 0. The molecule has 0 saturated carbocycles. The monoisotopic (exact) mass is 225 g/mol. The van der Waals surface area contributed by atoms with Crippen molar-refractivity contribution >= 4 is 17.4 Å². The Hall–Kier alpha value is 2.32. The van der Waals surface area contributed by atoms with Crippen molar-refractivity contribution in [2.24, 2.45) is 0 Å². The zero-order valence-electron chi connectivity index (χ0n) is 1.49. The van der Waals surface area contributed by atoms with E-state index in [-0.39, 0.29) is 50.1 Å². The molecule has 0 aliphatic carbocycles. The molecule has 19 valence electrons. The molecule has 0 amide bonds. The van der Waals surface area contributed by atoms with Crippen LogP contribution >= 0.6 is 0 Å². The molecule has 0 bridgehead atoms. The third-order valence-electron chi connectivity index (χ3n) is 0. The van der Waals surface area contributed by atoms with Crippen molar-refractivity contribution in [2.75, 3.05) is 0 Å². The summed E-state index contributed by atoms with van der Waals surface area (Å²) in [5.74, 6) is 0. The third-order valence-corrected chi connectivity index (χ3v) is 0. The summed E-state index contributed by atoms with van der Waals surface area (Å²) in [5.41, 5.74) is 0. The van der Waals surface area contributed by atoms with Gasteiger partial charge in [-0.3, -0.25) is 0 Å². The second kappa shape index (κ2) is 18.4. The minimum absolute atomic E-state index is 0. The summed E-state index contributed by atoms with van der Waals surface area (Å²) in [6.07, 6.45) is 0. The Kier molecular flexibility index (Phi) is 74.8. The minimum atomic E-state index is 0. The molecule has 4 heteroatoms. The van der Waals surface area contributed by atoms with Crippen molar-refractivity contribution in [1.29, 1.82) is 0 Å². The minimum Gasteiger partial charge on any atom is 0 e. The predicted octanol–water partition coefficient (Wildman–Crippen LogP) is -1.31. The number of hydrogen-bond donors (Lipinski definition) is 0. The van der Waals surface area contributed by atoms with Gasteiger partial charge in [0.25, 0.3) is 0 Å². The molecular weight excluding hydrogens is 223 g/mol. The average molecular weight is 226 g/mol. The Morgan fingerprint density at radius 3 is 1.25 bits per heavy atom. The van der Waals surface area contributed by atoms with Gasteiger partial charge < -0.3 is 0 Å². The van der Waals surface area contributed by atoms with Gasteiger partial charge >= 0.3 is 27.5 Å². The Morgan fingerprint density at radius 2 is 1.25 bits per heavy atom. The van der Waals surface area contributed by atoms with Crippen LogP contribution in [0.2, 0.25) is 0 Å². The van der Waals surface area contributed by atoms with E-state index in [4.69, 9.17) is 2.81 Å². The molecule has 0 aromatic carbocycles. The molecule has 0 unspecified atom stereocenters. The summed E-state index contributed by atoms with van der Waals surface area (Å²) in [6, 6.07) is 0. The Balaban J connectivity index is -0.00000000500. The van der Waals surface area contributed by atoms with Crippen LogP contribution in [0.25, 0.3) is 0 Å². The van der Waals surface area contributed by atoms with E-state index < -0.39 is 0 Å². The van der Waals surface area contributed by atoms with Crippen LogP contribution in [-0.2, 0) is 60.2 Å². The second-order valence-corrected chi connectivity index (χ2v) is 0. The summed E-state index contributed by atoms with van der Waals surface area (Å²) in [5, 5.41) is 0. The molecule has 0 aromatic rings. The van der Waals surface area contributed by atoms with Crippen molar-refractivity contribution < 1.29 is 60.2 Å². The second-order valence-electron chi connectivity index (χ2n) is 0. The van der Waals surface area contributed by atoms with Gasteiger partial charge in [-0.05, 0) is 0 Å². The summed E-state index contributed by atoms with van der Waals surface area (Å²) in [6.45, 7) is 0. The first-order valence-corrected chi connectivity index (χ1v) is 1.21. The van der Waals surface area contributed by atoms with Crippen LogP contribution in [0.1, 0.15) is 0 Å². The molecule has 0 rings (SSSR count). The van der Waals surface area contributed by atoms with Crippen molar-refractivity contribution in [3.63, 3.8) is 0 Å². The first kappa shape index (κ1) is 16.2. The maximum absolute atomic E-state index is 8.34. The molecule has 0 heterocycles. The van der Waals surface area contributed by atoms with E-state index in [1.165, 1.54) is 0 Å². The molecular formula is H3AlOYZr. The van der Waals surface area contributed by atoms with Gasteiger partial charge in [0, 0.05) is 32.7 Å². The van der Waals surface area contributed by atoms with E-state index in [1.807, 2.05) is 0 Å². The van der Waals surface area contributed by atoms with Crippen molar-refractivity contribution in [1.82, 2.24) is 0 Å². The molecule has 1 radical (unpaired) electrons. The van der Waals surface area contributed by atoms with Crippen molar-refractivity contribution in [3.05, 3.63) is 0 Å². The Morgan fingerprint density at radius 1 is 1.25 bits per heavy atom. The van der Waals surface area contributed by atoms with Crippen molar-refractivity contribution in [3.8, 4) is 0 Å². The van der Waals surface area contributed by atoms with E-state index in [0.29, 0.717) is 24.7 Å². The smallest absolute Gasteiger partial charge is 0 e. The van der Waals surface area contributed by atoms with Crippen LogP contribution < -0.4 is 0 Å².